The van der Waals surface area contributed by atoms with E-state index >= 15 is 0 Å². The highest BCUT2D eigenvalue weighted by atomic mass is 19.4. The molecule has 0 saturated carbocycles. The molecule has 2 aromatic rings. The molecular formula is C14H11F3N4. The summed E-state index contributed by atoms with van der Waals surface area (Å²) in [6, 6.07) is 10.2. The van der Waals surface area contributed by atoms with Crippen molar-refractivity contribution in [2.24, 2.45) is 0 Å². The smallest absolute Gasteiger partial charge is 0.384 e. The van der Waals surface area contributed by atoms with Crippen molar-refractivity contribution in [2.75, 3.05) is 17.7 Å². The van der Waals surface area contributed by atoms with E-state index in [4.69, 9.17) is 11.0 Å². The summed E-state index contributed by atoms with van der Waals surface area (Å²) < 4.78 is 38.4. The fraction of sp³-hybridized carbons (Fsp3) is 0.143. The lowest BCUT2D eigenvalue weighted by Gasteiger charge is -2.21. The summed E-state index contributed by atoms with van der Waals surface area (Å²) in [6.45, 7) is 0. The zero-order valence-corrected chi connectivity index (χ0v) is 11.0. The number of pyridine rings is 1. The quantitative estimate of drug-likeness (QED) is 0.922. The van der Waals surface area contributed by atoms with Gasteiger partial charge in [0.25, 0.3) is 0 Å². The number of nitriles is 1. The van der Waals surface area contributed by atoms with Crippen molar-refractivity contribution in [3.63, 3.8) is 0 Å². The summed E-state index contributed by atoms with van der Waals surface area (Å²) in [7, 11) is 1.53. The van der Waals surface area contributed by atoms with E-state index in [1.54, 1.807) is 24.3 Å². The van der Waals surface area contributed by atoms with Gasteiger partial charge in [0.2, 0.25) is 0 Å². The number of nitrogens with zero attached hydrogens (tertiary/aromatic N) is 3. The molecule has 21 heavy (non-hydrogen) atoms. The third-order valence-corrected chi connectivity index (χ3v) is 2.89. The van der Waals surface area contributed by atoms with Crippen LogP contribution in [0.5, 0.6) is 0 Å². The zero-order valence-electron chi connectivity index (χ0n) is 11.0. The van der Waals surface area contributed by atoms with Crippen LogP contribution in [0.3, 0.4) is 0 Å². The molecule has 1 heterocycles. The van der Waals surface area contributed by atoms with Crippen LogP contribution in [0.1, 0.15) is 11.1 Å². The highest BCUT2D eigenvalue weighted by Crippen LogP contribution is 2.34. The minimum Gasteiger partial charge on any atom is -0.384 e. The monoisotopic (exact) mass is 292 g/mol. The highest BCUT2D eigenvalue weighted by molar-refractivity contribution is 5.67. The van der Waals surface area contributed by atoms with Gasteiger partial charge in [-0.2, -0.15) is 18.4 Å². The lowest BCUT2D eigenvalue weighted by atomic mass is 10.1. The summed E-state index contributed by atoms with van der Waals surface area (Å²) in [4.78, 5) is 5.29. The molecule has 1 aromatic carbocycles. The van der Waals surface area contributed by atoms with Crippen LogP contribution in [-0.2, 0) is 6.18 Å². The van der Waals surface area contributed by atoms with Crippen molar-refractivity contribution in [1.29, 1.82) is 5.26 Å². The third-order valence-electron chi connectivity index (χ3n) is 2.89. The first-order chi connectivity index (χ1) is 9.82. The van der Waals surface area contributed by atoms with Crippen molar-refractivity contribution in [3.05, 3.63) is 47.5 Å². The summed E-state index contributed by atoms with van der Waals surface area (Å²) in [5.74, 6) is -0.217. The number of nitrogen functional groups attached to an aromatic ring is 1. The maximum absolute atomic E-state index is 12.8. The molecule has 0 aliphatic carbocycles. The van der Waals surface area contributed by atoms with Gasteiger partial charge in [-0.25, -0.2) is 4.98 Å². The molecule has 0 atom stereocenters. The van der Waals surface area contributed by atoms with Gasteiger partial charge in [-0.3, -0.25) is 0 Å². The van der Waals surface area contributed by atoms with Gasteiger partial charge in [0.1, 0.15) is 17.7 Å². The second-order valence-electron chi connectivity index (χ2n) is 4.32. The Morgan fingerprint density at radius 2 is 1.90 bits per heavy atom. The Balaban J connectivity index is 2.52. The first-order valence-electron chi connectivity index (χ1n) is 5.90. The van der Waals surface area contributed by atoms with Gasteiger partial charge in [-0.15, -0.1) is 0 Å². The van der Waals surface area contributed by atoms with E-state index in [0.29, 0.717) is 11.3 Å². The Bertz CT molecular complexity index is 704. The van der Waals surface area contributed by atoms with Gasteiger partial charge in [0, 0.05) is 7.05 Å². The summed E-state index contributed by atoms with van der Waals surface area (Å²) in [6.07, 6.45) is -4.51. The molecule has 0 amide bonds. The van der Waals surface area contributed by atoms with Gasteiger partial charge in [-0.05, 0) is 24.3 Å². The molecule has 0 spiro atoms. The topological polar surface area (TPSA) is 65.9 Å². The maximum Gasteiger partial charge on any atom is 0.416 e. The van der Waals surface area contributed by atoms with E-state index in [2.05, 4.69) is 4.98 Å². The fourth-order valence-electron chi connectivity index (χ4n) is 1.86. The van der Waals surface area contributed by atoms with Gasteiger partial charge in [-0.1, -0.05) is 12.1 Å². The first kappa shape index (κ1) is 14.7. The van der Waals surface area contributed by atoms with E-state index in [0.717, 1.165) is 12.1 Å². The van der Waals surface area contributed by atoms with Crippen LogP contribution in [-0.4, -0.2) is 12.0 Å². The van der Waals surface area contributed by atoms with Crippen molar-refractivity contribution in [3.8, 4) is 6.07 Å². The molecule has 0 aliphatic heterocycles. The van der Waals surface area contributed by atoms with Crippen LogP contribution in [0.15, 0.2) is 36.4 Å². The minimum atomic E-state index is -4.51. The number of alkyl halides is 3. The number of hydrogen-bond acceptors (Lipinski definition) is 4. The van der Waals surface area contributed by atoms with E-state index in [9.17, 15) is 13.2 Å². The summed E-state index contributed by atoms with van der Waals surface area (Å²) in [5, 5.41) is 9.05. The molecule has 0 saturated heterocycles. The Morgan fingerprint density at radius 1 is 1.24 bits per heavy atom. The Kier molecular flexibility index (Phi) is 3.72. The number of anilines is 3. The SMILES string of the molecule is CN(c1cc(C(F)(F)F)cc(N)n1)c1ccccc1C#N. The second kappa shape index (κ2) is 5.32. The maximum atomic E-state index is 12.8. The molecule has 2 N–H and O–H groups in total. The standard InChI is InChI=1S/C14H11F3N4/c1-21(11-5-3-2-4-9(11)8-18)13-7-10(14(15,16)17)6-12(19)20-13/h2-7H,1H3,(H2,19,20). The molecule has 0 bridgehead atoms. The van der Waals surface area contributed by atoms with Crippen LogP contribution >= 0.6 is 0 Å². The molecular weight excluding hydrogens is 281 g/mol. The Hall–Kier alpha value is -2.75. The fourth-order valence-corrected chi connectivity index (χ4v) is 1.86. The number of nitrogens with two attached hydrogens (primary N) is 1. The summed E-state index contributed by atoms with van der Waals surface area (Å²) >= 11 is 0. The number of benzene rings is 1. The van der Waals surface area contributed by atoms with Crippen LogP contribution in [0, 0.1) is 11.3 Å². The predicted octanol–water partition coefficient (Wildman–Crippen LogP) is 3.32. The molecule has 7 heteroatoms. The average Bonchev–Trinajstić information content (AvgIpc) is 2.45. The third kappa shape index (κ3) is 3.05. The van der Waals surface area contributed by atoms with E-state index < -0.39 is 11.7 Å². The lowest BCUT2D eigenvalue weighted by Crippen LogP contribution is -2.15. The Morgan fingerprint density at radius 3 is 2.52 bits per heavy atom. The van der Waals surface area contributed by atoms with E-state index in [-0.39, 0.29) is 11.6 Å². The number of para-hydroxylation sites is 1. The van der Waals surface area contributed by atoms with Crippen LogP contribution in [0.4, 0.5) is 30.5 Å². The van der Waals surface area contributed by atoms with Crippen molar-refractivity contribution in [2.45, 2.75) is 6.18 Å². The molecule has 0 unspecified atom stereocenters. The minimum absolute atomic E-state index is 0.0185. The van der Waals surface area contributed by atoms with E-state index in [1.807, 2.05) is 6.07 Å². The molecule has 0 aliphatic rings. The highest BCUT2D eigenvalue weighted by Gasteiger charge is 2.32. The average molecular weight is 292 g/mol. The number of rotatable bonds is 2. The van der Waals surface area contributed by atoms with Crippen LogP contribution in [0.25, 0.3) is 0 Å². The number of hydrogen-bond donors (Lipinski definition) is 1. The first-order valence-corrected chi connectivity index (χ1v) is 5.90. The van der Waals surface area contributed by atoms with E-state index in [1.165, 1.54) is 11.9 Å². The second-order valence-corrected chi connectivity index (χ2v) is 4.32. The lowest BCUT2D eigenvalue weighted by molar-refractivity contribution is -0.137. The van der Waals surface area contributed by atoms with Gasteiger partial charge >= 0.3 is 6.18 Å². The molecule has 108 valence electrons. The largest absolute Gasteiger partial charge is 0.416 e. The molecule has 4 nitrogen and oxygen atoms in total. The van der Waals surface area contributed by atoms with Crippen molar-refractivity contribution >= 4 is 17.3 Å². The van der Waals surface area contributed by atoms with Gasteiger partial charge in [0.05, 0.1) is 16.8 Å². The number of aromatic nitrogens is 1. The van der Waals surface area contributed by atoms with Gasteiger partial charge in [0.15, 0.2) is 0 Å². The van der Waals surface area contributed by atoms with Gasteiger partial charge < -0.3 is 10.6 Å². The van der Waals surface area contributed by atoms with Crippen molar-refractivity contribution < 1.29 is 13.2 Å². The Labute approximate surface area is 119 Å². The normalized spacial score (nSPS) is 11.0. The van der Waals surface area contributed by atoms with Crippen molar-refractivity contribution in [1.82, 2.24) is 4.98 Å². The number of halogens is 3. The van der Waals surface area contributed by atoms with Crippen LogP contribution < -0.4 is 10.6 Å². The molecule has 0 radical (unpaired) electrons. The summed E-state index contributed by atoms with van der Waals surface area (Å²) in [5.41, 5.74) is 5.34. The molecule has 1 aromatic heterocycles. The molecule has 2 rings (SSSR count). The zero-order chi connectivity index (χ0) is 15.6. The molecule has 0 fully saturated rings. The predicted molar refractivity (Wildman–Crippen MR) is 72.9 cm³/mol. The van der Waals surface area contributed by atoms with Crippen LogP contribution in [0.2, 0.25) is 0 Å².